The van der Waals surface area contributed by atoms with Crippen molar-refractivity contribution < 1.29 is 19.1 Å². The number of carbonyl (C=O) groups excluding carboxylic acids is 2. The Morgan fingerprint density at radius 2 is 1.71 bits per heavy atom. The normalized spacial score (nSPS) is 14.1. The molecule has 0 saturated heterocycles. The van der Waals surface area contributed by atoms with Gasteiger partial charge >= 0.3 is 0 Å². The average Bonchev–Trinajstić information content (AvgIpc) is 2.66. The summed E-state index contributed by atoms with van der Waals surface area (Å²) in [6.07, 6.45) is 0. The summed E-state index contributed by atoms with van der Waals surface area (Å²) in [6, 6.07) is 5.65. The third-order valence-corrected chi connectivity index (χ3v) is 4.84. The summed E-state index contributed by atoms with van der Waals surface area (Å²) in [7, 11) is 1.79. The summed E-state index contributed by atoms with van der Waals surface area (Å²) in [5, 5.41) is 3.10. The quantitative estimate of drug-likeness (QED) is 0.698. The zero-order valence-corrected chi connectivity index (χ0v) is 17.7. The maximum absolute atomic E-state index is 12.6. The first-order chi connectivity index (χ1) is 13.3. The predicted molar refractivity (Wildman–Crippen MR) is 109 cm³/mol. The minimum atomic E-state index is -0.143. The van der Waals surface area contributed by atoms with Gasteiger partial charge < -0.3 is 19.7 Å². The Morgan fingerprint density at radius 1 is 1.07 bits per heavy atom. The molecule has 1 aliphatic rings. The van der Waals surface area contributed by atoms with E-state index in [1.54, 1.807) is 16.8 Å². The standard InChI is InChI=1S/C21H33N3O4/c1-6-24(7-2)20(26)14-23(5)13-19(25)22-21(15(3)4)16-8-9-17-18(12-16)28-11-10-27-17/h8-9,12,15,21H,6-7,10-11,13-14H2,1-5H3,(H,22,25)/t21-/m0/s1. The molecule has 0 unspecified atom stereocenters. The number of likely N-dealkylation sites (N-methyl/N-ethyl adjacent to an activating group) is 2. The topological polar surface area (TPSA) is 71.1 Å². The summed E-state index contributed by atoms with van der Waals surface area (Å²) in [4.78, 5) is 28.3. The largest absolute Gasteiger partial charge is 0.486 e. The predicted octanol–water partition coefficient (Wildman–Crippen LogP) is 2.07. The number of rotatable bonds is 9. The van der Waals surface area contributed by atoms with Crippen molar-refractivity contribution in [1.82, 2.24) is 15.1 Å². The second-order valence-electron chi connectivity index (χ2n) is 7.43. The Labute approximate surface area is 168 Å². The van der Waals surface area contributed by atoms with Gasteiger partial charge in [-0.2, -0.15) is 0 Å². The molecule has 7 heteroatoms. The summed E-state index contributed by atoms with van der Waals surface area (Å²) in [6.45, 7) is 10.9. The van der Waals surface area contributed by atoms with Crippen molar-refractivity contribution in [3.05, 3.63) is 23.8 Å². The Balaban J connectivity index is 1.98. The van der Waals surface area contributed by atoms with Crippen LogP contribution in [0.2, 0.25) is 0 Å². The smallest absolute Gasteiger partial charge is 0.236 e. The molecule has 2 rings (SSSR count). The van der Waals surface area contributed by atoms with Gasteiger partial charge in [0.15, 0.2) is 11.5 Å². The molecule has 0 aliphatic carbocycles. The van der Waals surface area contributed by atoms with Crippen molar-refractivity contribution in [2.24, 2.45) is 5.92 Å². The molecular formula is C21H33N3O4. The zero-order chi connectivity index (χ0) is 20.7. The molecule has 156 valence electrons. The van der Waals surface area contributed by atoms with Crippen LogP contribution >= 0.6 is 0 Å². The number of nitrogens with zero attached hydrogens (tertiary/aromatic N) is 2. The molecule has 0 saturated carbocycles. The fourth-order valence-electron chi connectivity index (χ4n) is 3.32. The van der Waals surface area contributed by atoms with Gasteiger partial charge in [0.2, 0.25) is 11.8 Å². The van der Waals surface area contributed by atoms with E-state index in [9.17, 15) is 9.59 Å². The lowest BCUT2D eigenvalue weighted by molar-refractivity contribution is -0.132. The molecule has 7 nitrogen and oxygen atoms in total. The van der Waals surface area contributed by atoms with Crippen molar-refractivity contribution in [1.29, 1.82) is 0 Å². The fourth-order valence-corrected chi connectivity index (χ4v) is 3.32. The highest BCUT2D eigenvalue weighted by atomic mass is 16.6. The molecular weight excluding hydrogens is 358 g/mol. The van der Waals surface area contributed by atoms with Crippen molar-refractivity contribution in [2.45, 2.75) is 33.7 Å². The maximum Gasteiger partial charge on any atom is 0.236 e. The van der Waals surface area contributed by atoms with E-state index < -0.39 is 0 Å². The van der Waals surface area contributed by atoms with Gasteiger partial charge in [-0.15, -0.1) is 0 Å². The molecule has 0 radical (unpaired) electrons. The van der Waals surface area contributed by atoms with Gasteiger partial charge in [0.25, 0.3) is 0 Å². The van der Waals surface area contributed by atoms with Crippen LogP contribution in [0.3, 0.4) is 0 Å². The number of hydrogen-bond acceptors (Lipinski definition) is 5. The molecule has 0 spiro atoms. The summed E-state index contributed by atoms with van der Waals surface area (Å²) in [5.41, 5.74) is 0.981. The summed E-state index contributed by atoms with van der Waals surface area (Å²) in [5.74, 6) is 1.58. The van der Waals surface area contributed by atoms with Gasteiger partial charge in [0, 0.05) is 13.1 Å². The summed E-state index contributed by atoms with van der Waals surface area (Å²) >= 11 is 0. The van der Waals surface area contributed by atoms with Crippen molar-refractivity contribution in [3.8, 4) is 11.5 Å². The number of benzene rings is 1. The zero-order valence-electron chi connectivity index (χ0n) is 17.7. The van der Waals surface area contributed by atoms with Gasteiger partial charge in [-0.3, -0.25) is 14.5 Å². The molecule has 2 amide bonds. The lowest BCUT2D eigenvalue weighted by Crippen LogP contribution is -2.43. The van der Waals surface area contributed by atoms with E-state index in [1.165, 1.54) is 0 Å². The molecule has 1 aromatic rings. The van der Waals surface area contributed by atoms with E-state index in [1.807, 2.05) is 32.0 Å². The number of amides is 2. The molecule has 1 heterocycles. The number of hydrogen-bond donors (Lipinski definition) is 1. The summed E-state index contributed by atoms with van der Waals surface area (Å²) < 4.78 is 11.2. The van der Waals surface area contributed by atoms with Crippen LogP contribution < -0.4 is 14.8 Å². The van der Waals surface area contributed by atoms with Crippen molar-refractivity contribution >= 4 is 11.8 Å². The third-order valence-electron chi connectivity index (χ3n) is 4.84. The number of ether oxygens (including phenoxy) is 2. The molecule has 1 aliphatic heterocycles. The van der Waals surface area contributed by atoms with E-state index in [4.69, 9.17) is 9.47 Å². The first-order valence-electron chi connectivity index (χ1n) is 10.0. The van der Waals surface area contributed by atoms with Gasteiger partial charge in [-0.05, 0) is 44.5 Å². The highest BCUT2D eigenvalue weighted by Crippen LogP contribution is 2.34. The highest BCUT2D eigenvalue weighted by molar-refractivity contribution is 5.81. The van der Waals surface area contributed by atoms with Crippen LogP contribution in [-0.2, 0) is 9.59 Å². The second kappa shape index (κ2) is 10.3. The molecule has 0 bridgehead atoms. The van der Waals surface area contributed by atoms with Gasteiger partial charge in [0.1, 0.15) is 13.2 Å². The monoisotopic (exact) mass is 391 g/mol. The van der Waals surface area contributed by atoms with Crippen LogP contribution in [0.5, 0.6) is 11.5 Å². The fraction of sp³-hybridized carbons (Fsp3) is 0.619. The Hall–Kier alpha value is -2.28. The Kier molecular flexibility index (Phi) is 8.11. The molecule has 0 fully saturated rings. The molecule has 1 atom stereocenters. The van der Waals surface area contributed by atoms with Crippen molar-refractivity contribution in [2.75, 3.05) is 46.4 Å². The first-order valence-corrected chi connectivity index (χ1v) is 10.0. The lowest BCUT2D eigenvalue weighted by atomic mass is 9.95. The van der Waals surface area contributed by atoms with Crippen LogP contribution in [0.4, 0.5) is 0 Å². The first kappa shape index (κ1) is 22.0. The van der Waals surface area contributed by atoms with E-state index in [-0.39, 0.29) is 36.9 Å². The van der Waals surface area contributed by atoms with Gasteiger partial charge in [0.05, 0.1) is 19.1 Å². The van der Waals surface area contributed by atoms with Crippen LogP contribution in [0.25, 0.3) is 0 Å². The Morgan fingerprint density at radius 3 is 2.32 bits per heavy atom. The lowest BCUT2D eigenvalue weighted by Gasteiger charge is -2.27. The van der Waals surface area contributed by atoms with Crippen LogP contribution in [0.15, 0.2) is 18.2 Å². The Bertz CT molecular complexity index is 674. The van der Waals surface area contributed by atoms with E-state index in [2.05, 4.69) is 19.2 Å². The number of fused-ring (bicyclic) bond motifs is 1. The highest BCUT2D eigenvalue weighted by Gasteiger charge is 2.22. The van der Waals surface area contributed by atoms with Crippen LogP contribution in [0.1, 0.15) is 39.3 Å². The van der Waals surface area contributed by atoms with E-state index >= 15 is 0 Å². The SMILES string of the molecule is CCN(CC)C(=O)CN(C)CC(=O)N[C@H](c1ccc2c(c1)OCCO2)C(C)C. The van der Waals surface area contributed by atoms with Gasteiger partial charge in [-0.25, -0.2) is 0 Å². The minimum Gasteiger partial charge on any atom is -0.486 e. The minimum absolute atomic E-state index is 0.0348. The van der Waals surface area contributed by atoms with Crippen LogP contribution in [-0.4, -0.2) is 68.1 Å². The molecule has 1 aromatic carbocycles. The molecule has 0 aromatic heterocycles. The molecule has 1 N–H and O–H groups in total. The van der Waals surface area contributed by atoms with Gasteiger partial charge in [-0.1, -0.05) is 19.9 Å². The third kappa shape index (κ3) is 5.86. The van der Waals surface area contributed by atoms with Crippen LogP contribution in [0, 0.1) is 5.92 Å². The second-order valence-corrected chi connectivity index (χ2v) is 7.43. The number of carbonyl (C=O) groups is 2. The maximum atomic E-state index is 12.6. The van der Waals surface area contributed by atoms with E-state index in [0.29, 0.717) is 32.1 Å². The van der Waals surface area contributed by atoms with E-state index in [0.717, 1.165) is 11.3 Å². The number of nitrogens with one attached hydrogen (secondary N) is 1. The molecule has 28 heavy (non-hydrogen) atoms. The average molecular weight is 392 g/mol. The van der Waals surface area contributed by atoms with Crippen molar-refractivity contribution in [3.63, 3.8) is 0 Å².